The number of carbonyl (C=O) groups excluding carboxylic acids is 2. The van der Waals surface area contributed by atoms with Crippen LogP contribution in [0.5, 0.6) is 0 Å². The number of nitrogens with zero attached hydrogens (tertiary/aromatic N) is 1. The Morgan fingerprint density at radius 1 is 1.17 bits per heavy atom. The number of fused-ring (bicyclic) bond motifs is 1. The topological polar surface area (TPSA) is 49.4 Å². The van der Waals surface area contributed by atoms with Crippen LogP contribution >= 0.6 is 15.9 Å². The largest absolute Gasteiger partial charge is 0.347 e. The normalized spacial score (nSPS) is 15.9. The number of hydrogen-bond acceptors (Lipinski definition) is 2. The number of benzene rings is 2. The van der Waals surface area contributed by atoms with Crippen LogP contribution < -0.4 is 10.2 Å². The van der Waals surface area contributed by atoms with E-state index in [-0.39, 0.29) is 30.8 Å². The number of para-hydroxylation sites is 1. The van der Waals surface area contributed by atoms with E-state index < -0.39 is 0 Å². The number of carbonyl (C=O) groups is 2. The third-order valence-corrected chi connectivity index (χ3v) is 5.00. The monoisotopic (exact) mass is 386 g/mol. The number of amides is 2. The number of nitrogens with one attached hydrogen (secondary N) is 1. The van der Waals surface area contributed by atoms with Crippen molar-refractivity contribution in [3.8, 4) is 0 Å². The highest BCUT2D eigenvalue weighted by Gasteiger charge is 2.30. The summed E-state index contributed by atoms with van der Waals surface area (Å²) in [7, 11) is 0. The Morgan fingerprint density at radius 3 is 2.67 bits per heavy atom. The number of rotatable bonds is 4. The molecule has 0 saturated carbocycles. The molecule has 0 aliphatic carbocycles. The second-order valence-electron chi connectivity index (χ2n) is 5.99. The van der Waals surface area contributed by atoms with Crippen LogP contribution in [0.3, 0.4) is 0 Å². The van der Waals surface area contributed by atoms with Gasteiger partial charge in [-0.2, -0.15) is 0 Å². The smallest absolute Gasteiger partial charge is 0.246 e. The molecule has 2 aromatic rings. The molecule has 1 atom stereocenters. The molecule has 1 unspecified atom stereocenters. The van der Waals surface area contributed by atoms with Gasteiger partial charge in [0.15, 0.2) is 0 Å². The third kappa shape index (κ3) is 3.51. The van der Waals surface area contributed by atoms with Gasteiger partial charge in [0.2, 0.25) is 11.8 Å². The van der Waals surface area contributed by atoms with Crippen LogP contribution in [0.2, 0.25) is 0 Å². The molecule has 0 spiro atoms. The summed E-state index contributed by atoms with van der Waals surface area (Å²) < 4.78 is 0.897. The number of anilines is 1. The van der Waals surface area contributed by atoms with E-state index >= 15 is 0 Å². The maximum absolute atomic E-state index is 12.5. The Balaban J connectivity index is 1.60. The lowest BCUT2D eigenvalue weighted by Crippen LogP contribution is -2.43. The zero-order valence-electron chi connectivity index (χ0n) is 13.5. The van der Waals surface area contributed by atoms with E-state index in [0.29, 0.717) is 0 Å². The standard InChI is InChI=1S/C19H19BrN2O2/c1-13-10-15-7-3-5-9-17(15)22(13)19(24)12-21-18(23)11-14-6-2-4-8-16(14)20/h2-9,13H,10-12H2,1H3,(H,21,23). The quantitative estimate of drug-likeness (QED) is 0.877. The van der Waals surface area contributed by atoms with Gasteiger partial charge in [-0.05, 0) is 36.6 Å². The van der Waals surface area contributed by atoms with Gasteiger partial charge in [-0.3, -0.25) is 9.59 Å². The summed E-state index contributed by atoms with van der Waals surface area (Å²) in [5.74, 6) is -0.233. The Kier molecular flexibility index (Phi) is 5.00. The van der Waals surface area contributed by atoms with Crippen molar-refractivity contribution in [2.75, 3.05) is 11.4 Å². The second kappa shape index (κ2) is 7.18. The molecular formula is C19H19BrN2O2. The molecule has 124 valence electrons. The fraction of sp³-hybridized carbons (Fsp3) is 0.263. The van der Waals surface area contributed by atoms with E-state index in [0.717, 1.165) is 22.1 Å². The van der Waals surface area contributed by atoms with E-state index in [9.17, 15) is 9.59 Å². The van der Waals surface area contributed by atoms with E-state index in [1.807, 2.05) is 55.5 Å². The molecule has 0 aromatic heterocycles. The number of hydrogen-bond donors (Lipinski definition) is 1. The summed E-state index contributed by atoms with van der Waals surface area (Å²) in [6, 6.07) is 15.6. The van der Waals surface area contributed by atoms with Gasteiger partial charge in [-0.15, -0.1) is 0 Å². The lowest BCUT2D eigenvalue weighted by molar-refractivity contribution is -0.124. The van der Waals surface area contributed by atoms with Gasteiger partial charge in [-0.25, -0.2) is 0 Å². The average molecular weight is 387 g/mol. The van der Waals surface area contributed by atoms with Crippen LogP contribution in [0.25, 0.3) is 0 Å². The van der Waals surface area contributed by atoms with Crippen molar-refractivity contribution < 1.29 is 9.59 Å². The summed E-state index contributed by atoms with van der Waals surface area (Å²) >= 11 is 3.43. The highest BCUT2D eigenvalue weighted by atomic mass is 79.9. The lowest BCUT2D eigenvalue weighted by atomic mass is 10.1. The predicted molar refractivity (Wildman–Crippen MR) is 97.9 cm³/mol. The molecular weight excluding hydrogens is 368 g/mol. The third-order valence-electron chi connectivity index (χ3n) is 4.22. The van der Waals surface area contributed by atoms with E-state index in [4.69, 9.17) is 0 Å². The maximum atomic E-state index is 12.5. The highest BCUT2D eigenvalue weighted by Crippen LogP contribution is 2.31. The molecule has 1 aliphatic rings. The minimum atomic E-state index is -0.157. The van der Waals surface area contributed by atoms with Crippen LogP contribution in [0.1, 0.15) is 18.1 Å². The fourth-order valence-corrected chi connectivity index (χ4v) is 3.51. The molecule has 0 bridgehead atoms. The van der Waals surface area contributed by atoms with Crippen molar-refractivity contribution in [2.24, 2.45) is 0 Å². The minimum Gasteiger partial charge on any atom is -0.347 e. The Morgan fingerprint density at radius 2 is 1.88 bits per heavy atom. The molecule has 0 saturated heterocycles. The van der Waals surface area contributed by atoms with Gasteiger partial charge in [0, 0.05) is 16.2 Å². The minimum absolute atomic E-state index is 0.0158. The summed E-state index contributed by atoms with van der Waals surface area (Å²) in [4.78, 5) is 26.4. The van der Waals surface area contributed by atoms with Crippen LogP contribution in [-0.4, -0.2) is 24.4 Å². The van der Waals surface area contributed by atoms with Crippen molar-refractivity contribution >= 4 is 33.4 Å². The van der Waals surface area contributed by atoms with E-state index in [1.165, 1.54) is 5.56 Å². The molecule has 0 fully saturated rings. The molecule has 1 N–H and O–H groups in total. The molecule has 4 nitrogen and oxygen atoms in total. The summed E-state index contributed by atoms with van der Waals surface area (Å²) in [6.07, 6.45) is 1.10. The van der Waals surface area contributed by atoms with Gasteiger partial charge in [-0.1, -0.05) is 52.3 Å². The average Bonchev–Trinajstić information content (AvgIpc) is 2.90. The first-order valence-electron chi connectivity index (χ1n) is 7.96. The van der Waals surface area contributed by atoms with Crippen LogP contribution in [-0.2, 0) is 22.4 Å². The predicted octanol–water partition coefficient (Wildman–Crippen LogP) is 3.09. The maximum Gasteiger partial charge on any atom is 0.246 e. The van der Waals surface area contributed by atoms with Crippen LogP contribution in [0.15, 0.2) is 53.0 Å². The van der Waals surface area contributed by atoms with Crippen molar-refractivity contribution in [2.45, 2.75) is 25.8 Å². The van der Waals surface area contributed by atoms with Crippen molar-refractivity contribution in [3.05, 3.63) is 64.1 Å². The lowest BCUT2D eigenvalue weighted by Gasteiger charge is -2.23. The first-order chi connectivity index (χ1) is 11.6. The summed E-state index contributed by atoms with van der Waals surface area (Å²) in [6.45, 7) is 2.04. The first-order valence-corrected chi connectivity index (χ1v) is 8.75. The Labute approximate surface area is 150 Å². The van der Waals surface area contributed by atoms with Gasteiger partial charge in [0.1, 0.15) is 0 Å². The van der Waals surface area contributed by atoms with Crippen molar-refractivity contribution in [1.29, 1.82) is 0 Å². The molecule has 2 amide bonds. The van der Waals surface area contributed by atoms with Crippen molar-refractivity contribution in [3.63, 3.8) is 0 Å². The molecule has 24 heavy (non-hydrogen) atoms. The summed E-state index contributed by atoms with van der Waals surface area (Å²) in [5.41, 5.74) is 3.04. The van der Waals surface area contributed by atoms with E-state index in [1.54, 1.807) is 4.90 Å². The molecule has 2 aromatic carbocycles. The molecule has 1 aliphatic heterocycles. The Bertz CT molecular complexity index is 775. The van der Waals surface area contributed by atoms with Crippen molar-refractivity contribution in [1.82, 2.24) is 5.32 Å². The van der Waals surface area contributed by atoms with E-state index in [2.05, 4.69) is 21.2 Å². The molecule has 1 heterocycles. The van der Waals surface area contributed by atoms with Gasteiger partial charge >= 0.3 is 0 Å². The summed E-state index contributed by atoms with van der Waals surface area (Å²) in [5, 5.41) is 2.74. The van der Waals surface area contributed by atoms with Gasteiger partial charge in [0.25, 0.3) is 0 Å². The van der Waals surface area contributed by atoms with Crippen LogP contribution in [0, 0.1) is 0 Å². The Hall–Kier alpha value is -2.14. The molecule has 5 heteroatoms. The first kappa shape index (κ1) is 16.7. The zero-order valence-corrected chi connectivity index (χ0v) is 15.0. The SMILES string of the molecule is CC1Cc2ccccc2N1C(=O)CNC(=O)Cc1ccccc1Br. The fourth-order valence-electron chi connectivity index (χ4n) is 3.08. The number of halogens is 1. The molecule has 3 rings (SSSR count). The zero-order chi connectivity index (χ0) is 17.1. The molecule has 0 radical (unpaired) electrons. The second-order valence-corrected chi connectivity index (χ2v) is 6.84. The van der Waals surface area contributed by atoms with Gasteiger partial charge in [0.05, 0.1) is 13.0 Å². The van der Waals surface area contributed by atoms with Gasteiger partial charge < -0.3 is 10.2 Å². The highest BCUT2D eigenvalue weighted by molar-refractivity contribution is 9.10. The van der Waals surface area contributed by atoms with Crippen LogP contribution in [0.4, 0.5) is 5.69 Å².